The van der Waals surface area contributed by atoms with Gasteiger partial charge in [0.25, 0.3) is 0 Å². The third kappa shape index (κ3) is 4.81. The number of aryl methyl sites for hydroxylation is 2. The van der Waals surface area contributed by atoms with Crippen LogP contribution in [0.2, 0.25) is 0 Å². The number of carbonyl (C=O) groups is 2. The second-order valence-corrected chi connectivity index (χ2v) is 9.29. The van der Waals surface area contributed by atoms with Gasteiger partial charge in [-0.25, -0.2) is 9.97 Å². The van der Waals surface area contributed by atoms with Crippen LogP contribution in [0.5, 0.6) is 0 Å². The van der Waals surface area contributed by atoms with Crippen LogP contribution in [-0.4, -0.2) is 44.8 Å². The molecule has 7 heteroatoms. The van der Waals surface area contributed by atoms with Gasteiger partial charge >= 0.3 is 0 Å². The topological polar surface area (TPSA) is 79.3 Å². The molecule has 2 aliphatic rings. The standard InChI is InChI=1S/C25H33N5O2/c1-17(2)16-30-23(32)13-12-20-18(3)27-24(28-25(20)30)21-10-7-15-29(21)22(31)11-6-9-19-8-4-5-14-26-19/h4-5,8,14,17,21H,6-7,9-13,15-16H2,1-3H3/t21-/m0/s1. The molecule has 2 aliphatic heterocycles. The van der Waals surface area contributed by atoms with Gasteiger partial charge < -0.3 is 4.90 Å². The van der Waals surface area contributed by atoms with Crippen molar-refractivity contribution in [3.63, 3.8) is 0 Å². The van der Waals surface area contributed by atoms with Crippen LogP contribution in [-0.2, 0) is 22.4 Å². The lowest BCUT2D eigenvalue weighted by molar-refractivity contribution is -0.132. The van der Waals surface area contributed by atoms with E-state index in [0.717, 1.165) is 55.0 Å². The number of hydrogen-bond donors (Lipinski definition) is 0. The number of nitrogens with zero attached hydrogens (tertiary/aromatic N) is 5. The third-order valence-corrected chi connectivity index (χ3v) is 6.32. The van der Waals surface area contributed by atoms with E-state index in [-0.39, 0.29) is 17.9 Å². The number of likely N-dealkylation sites (tertiary alicyclic amines) is 1. The van der Waals surface area contributed by atoms with Crippen LogP contribution in [0.15, 0.2) is 24.4 Å². The average molecular weight is 436 g/mol. The first-order chi connectivity index (χ1) is 15.4. The minimum Gasteiger partial charge on any atom is -0.332 e. The van der Waals surface area contributed by atoms with E-state index in [1.165, 1.54) is 0 Å². The summed E-state index contributed by atoms with van der Waals surface area (Å²) in [5, 5.41) is 0. The Morgan fingerprint density at radius 3 is 2.81 bits per heavy atom. The number of rotatable bonds is 7. The van der Waals surface area contributed by atoms with E-state index in [1.54, 1.807) is 6.20 Å². The molecular weight excluding hydrogens is 402 g/mol. The molecule has 0 spiro atoms. The lowest BCUT2D eigenvalue weighted by atomic mass is 10.0. The molecule has 2 amide bonds. The molecule has 2 aromatic heterocycles. The molecule has 4 rings (SSSR count). The Morgan fingerprint density at radius 1 is 1.22 bits per heavy atom. The van der Waals surface area contributed by atoms with Crippen molar-refractivity contribution in [1.29, 1.82) is 0 Å². The lowest BCUT2D eigenvalue weighted by Gasteiger charge is -2.32. The van der Waals surface area contributed by atoms with Crippen LogP contribution >= 0.6 is 0 Å². The number of anilines is 1. The molecule has 170 valence electrons. The molecule has 32 heavy (non-hydrogen) atoms. The predicted octanol–water partition coefficient (Wildman–Crippen LogP) is 3.80. The summed E-state index contributed by atoms with van der Waals surface area (Å²) in [5.41, 5.74) is 3.02. The van der Waals surface area contributed by atoms with Gasteiger partial charge in [0.15, 0.2) is 5.82 Å². The summed E-state index contributed by atoms with van der Waals surface area (Å²) < 4.78 is 0. The van der Waals surface area contributed by atoms with E-state index in [2.05, 4.69) is 18.8 Å². The Bertz CT molecular complexity index is 976. The van der Waals surface area contributed by atoms with Gasteiger partial charge in [0.2, 0.25) is 11.8 Å². The summed E-state index contributed by atoms with van der Waals surface area (Å²) in [6.07, 6.45) is 6.87. The maximum Gasteiger partial charge on any atom is 0.228 e. The smallest absolute Gasteiger partial charge is 0.228 e. The highest BCUT2D eigenvalue weighted by molar-refractivity contribution is 5.95. The third-order valence-electron chi connectivity index (χ3n) is 6.32. The molecule has 0 saturated carbocycles. The summed E-state index contributed by atoms with van der Waals surface area (Å²) in [6, 6.07) is 5.76. The Labute approximate surface area is 190 Å². The highest BCUT2D eigenvalue weighted by Gasteiger charge is 2.34. The molecule has 4 heterocycles. The summed E-state index contributed by atoms with van der Waals surface area (Å²) in [7, 11) is 0. The predicted molar refractivity (Wildman–Crippen MR) is 123 cm³/mol. The van der Waals surface area contributed by atoms with Crippen molar-refractivity contribution < 1.29 is 9.59 Å². The van der Waals surface area contributed by atoms with Crippen LogP contribution in [0.3, 0.4) is 0 Å². The van der Waals surface area contributed by atoms with E-state index >= 15 is 0 Å². The Kier molecular flexibility index (Phi) is 6.82. The van der Waals surface area contributed by atoms with Crippen molar-refractivity contribution in [3.8, 4) is 0 Å². The molecule has 2 aromatic rings. The van der Waals surface area contributed by atoms with Crippen LogP contribution < -0.4 is 4.90 Å². The summed E-state index contributed by atoms with van der Waals surface area (Å²) in [6.45, 7) is 7.61. The maximum absolute atomic E-state index is 13.0. The summed E-state index contributed by atoms with van der Waals surface area (Å²) >= 11 is 0. The minimum absolute atomic E-state index is 0.112. The Hall–Kier alpha value is -2.83. The van der Waals surface area contributed by atoms with Gasteiger partial charge in [0.1, 0.15) is 5.82 Å². The van der Waals surface area contributed by atoms with Crippen LogP contribution in [0.4, 0.5) is 5.82 Å². The molecule has 0 N–H and O–H groups in total. The maximum atomic E-state index is 13.0. The van der Waals surface area contributed by atoms with Crippen LogP contribution in [0, 0.1) is 12.8 Å². The average Bonchev–Trinajstić information content (AvgIpc) is 3.26. The quantitative estimate of drug-likeness (QED) is 0.661. The van der Waals surface area contributed by atoms with Crippen LogP contribution in [0.1, 0.15) is 74.8 Å². The van der Waals surface area contributed by atoms with E-state index in [4.69, 9.17) is 9.97 Å². The van der Waals surface area contributed by atoms with E-state index in [9.17, 15) is 9.59 Å². The van der Waals surface area contributed by atoms with Crippen molar-refractivity contribution in [3.05, 3.63) is 47.2 Å². The van der Waals surface area contributed by atoms with Crippen molar-refractivity contribution in [2.24, 2.45) is 5.92 Å². The van der Waals surface area contributed by atoms with Crippen molar-refractivity contribution in [1.82, 2.24) is 19.9 Å². The minimum atomic E-state index is -0.112. The number of pyridine rings is 1. The number of aromatic nitrogens is 3. The van der Waals surface area contributed by atoms with E-state index < -0.39 is 0 Å². The molecule has 0 radical (unpaired) electrons. The second-order valence-electron chi connectivity index (χ2n) is 9.29. The van der Waals surface area contributed by atoms with Gasteiger partial charge in [-0.15, -0.1) is 0 Å². The number of hydrogen-bond acceptors (Lipinski definition) is 5. The highest BCUT2D eigenvalue weighted by Crippen LogP contribution is 2.35. The summed E-state index contributed by atoms with van der Waals surface area (Å²) in [5.74, 6) is 2.07. The first-order valence-electron chi connectivity index (χ1n) is 11.8. The van der Waals surface area contributed by atoms with E-state index in [1.807, 2.05) is 34.9 Å². The van der Waals surface area contributed by atoms with Gasteiger partial charge in [-0.3, -0.25) is 19.5 Å². The van der Waals surface area contributed by atoms with Gasteiger partial charge in [-0.1, -0.05) is 19.9 Å². The fraction of sp³-hybridized carbons (Fsp3) is 0.560. The molecule has 1 fully saturated rings. The first-order valence-corrected chi connectivity index (χ1v) is 11.8. The number of fused-ring (bicyclic) bond motifs is 1. The normalized spacial score (nSPS) is 18.4. The molecular formula is C25H33N5O2. The second kappa shape index (κ2) is 9.76. The molecule has 7 nitrogen and oxygen atoms in total. The fourth-order valence-corrected chi connectivity index (χ4v) is 4.75. The van der Waals surface area contributed by atoms with E-state index in [0.29, 0.717) is 37.5 Å². The zero-order valence-corrected chi connectivity index (χ0v) is 19.4. The molecule has 0 aliphatic carbocycles. The zero-order chi connectivity index (χ0) is 22.7. The van der Waals surface area contributed by atoms with Gasteiger partial charge in [-0.2, -0.15) is 0 Å². The number of amides is 2. The fourth-order valence-electron chi connectivity index (χ4n) is 4.75. The van der Waals surface area contributed by atoms with Gasteiger partial charge in [0, 0.05) is 49.1 Å². The highest BCUT2D eigenvalue weighted by atomic mass is 16.2. The van der Waals surface area contributed by atoms with Crippen molar-refractivity contribution in [2.45, 2.75) is 71.8 Å². The Morgan fingerprint density at radius 2 is 2.06 bits per heavy atom. The molecule has 1 saturated heterocycles. The first kappa shape index (κ1) is 22.4. The van der Waals surface area contributed by atoms with Crippen LogP contribution in [0.25, 0.3) is 0 Å². The monoisotopic (exact) mass is 435 g/mol. The summed E-state index contributed by atoms with van der Waals surface area (Å²) in [4.78, 5) is 43.5. The number of carbonyl (C=O) groups excluding carboxylic acids is 2. The SMILES string of the molecule is Cc1nc([C@@H]2CCCN2C(=O)CCCc2ccccn2)nc2c1CCC(=O)N2CC(C)C. The van der Waals surface area contributed by atoms with Gasteiger partial charge in [0.05, 0.1) is 6.04 Å². The van der Waals surface area contributed by atoms with Crippen molar-refractivity contribution in [2.75, 3.05) is 18.0 Å². The van der Waals surface area contributed by atoms with Crippen molar-refractivity contribution >= 4 is 17.6 Å². The van der Waals surface area contributed by atoms with Gasteiger partial charge in [-0.05, 0) is 57.1 Å². The Balaban J connectivity index is 1.51. The lowest BCUT2D eigenvalue weighted by Crippen LogP contribution is -2.40. The molecule has 0 bridgehead atoms. The molecule has 0 unspecified atom stereocenters. The molecule has 1 atom stereocenters. The zero-order valence-electron chi connectivity index (χ0n) is 19.4. The largest absolute Gasteiger partial charge is 0.332 e. The molecule has 0 aromatic carbocycles.